The van der Waals surface area contributed by atoms with Crippen LogP contribution in [0.1, 0.15) is 6.92 Å². The predicted octanol–water partition coefficient (Wildman–Crippen LogP) is 4.25. The number of amides is 2. The Morgan fingerprint density at radius 2 is 1.97 bits per heavy atom. The fraction of sp³-hybridized carbons (Fsp3) is 0.273. The highest BCUT2D eigenvalue weighted by atomic mass is 19.1. The Kier molecular flexibility index (Phi) is 5.94. The van der Waals surface area contributed by atoms with Crippen molar-refractivity contribution in [2.75, 3.05) is 48.4 Å². The van der Waals surface area contributed by atoms with Gasteiger partial charge in [0.2, 0.25) is 0 Å². The van der Waals surface area contributed by atoms with Crippen molar-refractivity contribution in [1.82, 2.24) is 4.98 Å². The molecule has 1 aliphatic heterocycles. The zero-order chi connectivity index (χ0) is 20.9. The predicted molar refractivity (Wildman–Crippen MR) is 115 cm³/mol. The summed E-state index contributed by atoms with van der Waals surface area (Å²) in [6.45, 7) is 5.06. The van der Waals surface area contributed by atoms with Crippen molar-refractivity contribution in [3.63, 3.8) is 0 Å². The van der Waals surface area contributed by atoms with Crippen LogP contribution in [-0.4, -0.2) is 43.9 Å². The lowest BCUT2D eigenvalue weighted by molar-refractivity contribution is 0.122. The Bertz CT molecular complexity index is 1050. The number of hydrogen-bond acceptors (Lipinski definition) is 5. The number of halogens is 1. The minimum atomic E-state index is -0.493. The van der Waals surface area contributed by atoms with Crippen LogP contribution in [0.5, 0.6) is 5.75 Å². The van der Waals surface area contributed by atoms with Gasteiger partial charge in [0, 0.05) is 24.2 Å². The summed E-state index contributed by atoms with van der Waals surface area (Å²) in [4.78, 5) is 18.9. The highest BCUT2D eigenvalue weighted by Gasteiger charge is 2.15. The molecule has 2 aromatic carbocycles. The number of carbonyl (C=O) groups excluding carboxylic acids is 1. The number of benzene rings is 2. The van der Waals surface area contributed by atoms with E-state index in [-0.39, 0.29) is 5.52 Å². The normalized spacial score (nSPS) is 13.9. The second-order valence-electron chi connectivity index (χ2n) is 6.81. The highest BCUT2D eigenvalue weighted by molar-refractivity contribution is 6.01. The van der Waals surface area contributed by atoms with Crippen LogP contribution in [0.2, 0.25) is 0 Å². The van der Waals surface area contributed by atoms with Crippen molar-refractivity contribution >= 4 is 34.1 Å². The summed E-state index contributed by atoms with van der Waals surface area (Å²) in [5.74, 6) is 0.794. The van der Waals surface area contributed by atoms with E-state index >= 15 is 0 Å². The van der Waals surface area contributed by atoms with Gasteiger partial charge in [-0.3, -0.25) is 0 Å². The van der Waals surface area contributed by atoms with Gasteiger partial charge in [-0.05, 0) is 43.3 Å². The number of morpholine rings is 1. The molecule has 0 aliphatic carbocycles. The fourth-order valence-electron chi connectivity index (χ4n) is 3.36. The van der Waals surface area contributed by atoms with Gasteiger partial charge in [-0.15, -0.1) is 0 Å². The van der Waals surface area contributed by atoms with E-state index in [0.29, 0.717) is 42.3 Å². The summed E-state index contributed by atoms with van der Waals surface area (Å²) in [6.07, 6.45) is 0. The van der Waals surface area contributed by atoms with Gasteiger partial charge in [0.25, 0.3) is 0 Å². The largest absolute Gasteiger partial charge is 0.492 e. The van der Waals surface area contributed by atoms with Crippen molar-refractivity contribution in [2.24, 2.45) is 0 Å². The summed E-state index contributed by atoms with van der Waals surface area (Å²) >= 11 is 0. The molecule has 0 atom stereocenters. The molecule has 2 heterocycles. The molecule has 0 spiro atoms. The van der Waals surface area contributed by atoms with Gasteiger partial charge >= 0.3 is 6.03 Å². The van der Waals surface area contributed by atoms with Crippen LogP contribution in [0.4, 0.5) is 26.4 Å². The van der Waals surface area contributed by atoms with Gasteiger partial charge in [-0.2, -0.15) is 0 Å². The Morgan fingerprint density at radius 3 is 2.77 bits per heavy atom. The Morgan fingerprint density at radius 1 is 1.17 bits per heavy atom. The van der Waals surface area contributed by atoms with Crippen LogP contribution < -0.4 is 20.3 Å². The van der Waals surface area contributed by atoms with Crippen LogP contribution in [-0.2, 0) is 4.74 Å². The zero-order valence-corrected chi connectivity index (χ0v) is 16.7. The minimum Gasteiger partial charge on any atom is -0.492 e. The van der Waals surface area contributed by atoms with Gasteiger partial charge in [0.15, 0.2) is 5.82 Å². The number of fused-ring (bicyclic) bond motifs is 1. The molecule has 30 heavy (non-hydrogen) atoms. The highest BCUT2D eigenvalue weighted by Crippen LogP contribution is 2.26. The molecule has 7 nitrogen and oxygen atoms in total. The number of para-hydroxylation sites is 2. The molecular weight excluding hydrogens is 387 g/mol. The van der Waals surface area contributed by atoms with E-state index in [1.165, 1.54) is 6.07 Å². The number of hydrogen-bond donors (Lipinski definition) is 2. The van der Waals surface area contributed by atoms with E-state index in [2.05, 4.69) is 20.5 Å². The number of carbonyl (C=O) groups is 1. The van der Waals surface area contributed by atoms with E-state index < -0.39 is 11.8 Å². The Hall–Kier alpha value is -3.39. The van der Waals surface area contributed by atoms with E-state index in [9.17, 15) is 9.18 Å². The van der Waals surface area contributed by atoms with Gasteiger partial charge in [-0.25, -0.2) is 14.2 Å². The molecule has 8 heteroatoms. The fourth-order valence-corrected chi connectivity index (χ4v) is 3.36. The second kappa shape index (κ2) is 8.96. The van der Waals surface area contributed by atoms with Crippen LogP contribution in [0.3, 0.4) is 0 Å². The molecule has 0 saturated carbocycles. The lowest BCUT2D eigenvalue weighted by atomic mass is 10.2. The molecular formula is C22H23FN4O3. The van der Waals surface area contributed by atoms with Crippen molar-refractivity contribution in [3.05, 3.63) is 54.3 Å². The molecule has 1 aromatic heterocycles. The summed E-state index contributed by atoms with van der Waals surface area (Å²) in [6, 6.07) is 13.3. The molecule has 1 saturated heterocycles. The molecule has 0 unspecified atom stereocenters. The van der Waals surface area contributed by atoms with Crippen molar-refractivity contribution in [3.8, 4) is 5.75 Å². The molecule has 2 N–H and O–H groups in total. The lowest BCUT2D eigenvalue weighted by Gasteiger charge is -2.28. The van der Waals surface area contributed by atoms with E-state index in [1.54, 1.807) is 24.3 Å². The third-order valence-corrected chi connectivity index (χ3v) is 4.76. The maximum absolute atomic E-state index is 14.7. The summed E-state index contributed by atoms with van der Waals surface area (Å²) in [5.41, 5.74) is 1.15. The first-order valence-electron chi connectivity index (χ1n) is 9.87. The third kappa shape index (κ3) is 4.44. The van der Waals surface area contributed by atoms with E-state index in [0.717, 1.165) is 18.9 Å². The average Bonchev–Trinajstić information content (AvgIpc) is 2.76. The van der Waals surface area contributed by atoms with Crippen LogP contribution in [0.15, 0.2) is 48.5 Å². The average molecular weight is 410 g/mol. The molecule has 0 radical (unpaired) electrons. The second-order valence-corrected chi connectivity index (χ2v) is 6.81. The molecule has 0 bridgehead atoms. The monoisotopic (exact) mass is 410 g/mol. The first-order chi connectivity index (χ1) is 14.6. The quantitative estimate of drug-likeness (QED) is 0.658. The molecule has 3 aromatic rings. The van der Waals surface area contributed by atoms with Crippen LogP contribution in [0.25, 0.3) is 10.9 Å². The standard InChI is InChI=1S/C22H23FN4O3/c1-2-30-19-6-4-3-5-18(19)25-22(28)24-16-13-15-7-8-20(26-21(15)17(23)14-16)27-9-11-29-12-10-27/h3-8,13-14H,2,9-12H2,1H3,(H2,24,25,28). The summed E-state index contributed by atoms with van der Waals surface area (Å²) < 4.78 is 25.6. The SMILES string of the molecule is CCOc1ccccc1NC(=O)Nc1cc(F)c2nc(N3CCOCC3)ccc2c1. The molecule has 2 amide bonds. The van der Waals surface area contributed by atoms with Gasteiger partial charge in [0.1, 0.15) is 17.1 Å². The molecule has 1 aliphatic rings. The number of aromatic nitrogens is 1. The minimum absolute atomic E-state index is 0.270. The van der Waals surface area contributed by atoms with Crippen molar-refractivity contribution in [1.29, 1.82) is 0 Å². The molecule has 1 fully saturated rings. The van der Waals surface area contributed by atoms with Crippen molar-refractivity contribution in [2.45, 2.75) is 6.92 Å². The number of pyridine rings is 1. The van der Waals surface area contributed by atoms with Crippen LogP contribution >= 0.6 is 0 Å². The molecule has 156 valence electrons. The number of anilines is 3. The molecule has 4 rings (SSSR count). The van der Waals surface area contributed by atoms with Gasteiger partial charge in [-0.1, -0.05) is 12.1 Å². The first-order valence-corrected chi connectivity index (χ1v) is 9.87. The number of urea groups is 1. The number of nitrogens with one attached hydrogen (secondary N) is 2. The smallest absolute Gasteiger partial charge is 0.323 e. The van der Waals surface area contributed by atoms with Gasteiger partial charge in [0.05, 0.1) is 25.5 Å². The Balaban J connectivity index is 1.51. The topological polar surface area (TPSA) is 75.7 Å². The maximum atomic E-state index is 14.7. The Labute approximate surface area is 173 Å². The number of nitrogens with zero attached hydrogens (tertiary/aromatic N) is 2. The number of rotatable bonds is 5. The summed E-state index contributed by atoms with van der Waals surface area (Å²) in [7, 11) is 0. The van der Waals surface area contributed by atoms with E-state index in [1.807, 2.05) is 25.1 Å². The van der Waals surface area contributed by atoms with Crippen molar-refractivity contribution < 1.29 is 18.7 Å². The first kappa shape index (κ1) is 19.9. The number of ether oxygens (including phenoxy) is 2. The van der Waals surface area contributed by atoms with Crippen LogP contribution in [0, 0.1) is 5.82 Å². The lowest BCUT2D eigenvalue weighted by Crippen LogP contribution is -2.36. The zero-order valence-electron chi connectivity index (χ0n) is 16.7. The third-order valence-electron chi connectivity index (χ3n) is 4.76. The maximum Gasteiger partial charge on any atom is 0.323 e. The summed E-state index contributed by atoms with van der Waals surface area (Å²) in [5, 5.41) is 6.01. The van der Waals surface area contributed by atoms with Gasteiger partial charge < -0.3 is 25.0 Å². The van der Waals surface area contributed by atoms with E-state index in [4.69, 9.17) is 9.47 Å².